The average molecular weight is 461 g/mol. The van der Waals surface area contributed by atoms with E-state index in [1.165, 1.54) is 12.8 Å². The van der Waals surface area contributed by atoms with Crippen molar-refractivity contribution in [3.8, 4) is 11.4 Å². The second kappa shape index (κ2) is 8.38. The Labute approximate surface area is 201 Å². The molecule has 34 heavy (non-hydrogen) atoms. The predicted octanol–water partition coefficient (Wildman–Crippen LogP) is 4.54. The zero-order chi connectivity index (χ0) is 24.1. The Bertz CT molecular complexity index is 1200. The Morgan fingerprint density at radius 3 is 2.59 bits per heavy atom. The molecule has 2 heterocycles. The maximum absolute atomic E-state index is 13.4. The summed E-state index contributed by atoms with van der Waals surface area (Å²) in [5, 5.41) is 6.79. The van der Waals surface area contributed by atoms with Crippen molar-refractivity contribution in [2.75, 3.05) is 32.5 Å². The van der Waals surface area contributed by atoms with Crippen LogP contribution in [0, 0.1) is 16.7 Å². The van der Waals surface area contributed by atoms with Gasteiger partial charge >= 0.3 is 0 Å². The molecule has 0 aliphatic heterocycles. The van der Waals surface area contributed by atoms with Gasteiger partial charge in [0.1, 0.15) is 5.82 Å². The molecule has 2 aliphatic rings. The lowest BCUT2D eigenvalue weighted by molar-refractivity contribution is 0.0827. The number of carbonyl (C=O) groups excluding carboxylic acids is 1. The van der Waals surface area contributed by atoms with Gasteiger partial charge in [0.15, 0.2) is 5.65 Å². The molecule has 2 saturated carbocycles. The van der Waals surface area contributed by atoms with Crippen LogP contribution in [-0.2, 0) is 0 Å². The number of aromatic amines is 1. The van der Waals surface area contributed by atoms with Crippen LogP contribution in [0.25, 0.3) is 22.6 Å². The number of imidazole rings is 1. The maximum Gasteiger partial charge on any atom is 0.253 e. The monoisotopic (exact) mass is 460 g/mol. The fourth-order valence-electron chi connectivity index (χ4n) is 6.06. The van der Waals surface area contributed by atoms with Crippen LogP contribution in [0.2, 0.25) is 0 Å². The largest absolute Gasteiger partial charge is 0.384 e. The minimum atomic E-state index is -0.0439. The molecule has 0 saturated heterocycles. The minimum Gasteiger partial charge on any atom is -0.384 e. The van der Waals surface area contributed by atoms with Gasteiger partial charge in [-0.25, -0.2) is 9.97 Å². The summed E-state index contributed by atoms with van der Waals surface area (Å²) >= 11 is 0. The number of nitrogens with zero attached hydrogens (tertiary/aromatic N) is 3. The zero-order valence-electron chi connectivity index (χ0n) is 20.9. The number of benzene rings is 1. The van der Waals surface area contributed by atoms with Gasteiger partial charge in [-0.05, 0) is 80.4 Å². The van der Waals surface area contributed by atoms with Gasteiger partial charge in [-0.15, -0.1) is 0 Å². The third-order valence-corrected chi connectivity index (χ3v) is 8.78. The normalized spacial score (nSPS) is 25.2. The molecule has 1 unspecified atom stereocenters. The fraction of sp³-hybridized carbons (Fsp3) is 0.519. The van der Waals surface area contributed by atoms with Gasteiger partial charge in [0.25, 0.3) is 5.91 Å². The second-order valence-electron chi connectivity index (χ2n) is 11.1. The number of nitrogens with one attached hydrogen (secondary N) is 3. The summed E-state index contributed by atoms with van der Waals surface area (Å²) in [7, 11) is 4.13. The summed E-state index contributed by atoms with van der Waals surface area (Å²) in [6.07, 6.45) is 5.18. The van der Waals surface area contributed by atoms with Crippen molar-refractivity contribution in [2.24, 2.45) is 16.7 Å². The summed E-state index contributed by atoms with van der Waals surface area (Å²) < 4.78 is 0. The third-order valence-electron chi connectivity index (χ3n) is 8.78. The highest BCUT2D eigenvalue weighted by Gasteiger charge is 2.61. The number of aromatic nitrogens is 3. The van der Waals surface area contributed by atoms with Crippen LogP contribution in [-0.4, -0.2) is 59.0 Å². The van der Waals surface area contributed by atoms with Gasteiger partial charge in [-0.2, -0.15) is 0 Å². The summed E-state index contributed by atoms with van der Waals surface area (Å²) in [5.74, 6) is 1.35. The summed E-state index contributed by atoms with van der Waals surface area (Å²) in [6.45, 7) is 8.94. The Morgan fingerprint density at radius 2 is 1.94 bits per heavy atom. The number of likely N-dealkylation sites (N-methyl/N-ethyl adjacent to an activating group) is 1. The quantitative estimate of drug-likeness (QED) is 0.482. The van der Waals surface area contributed by atoms with Crippen molar-refractivity contribution in [3.05, 3.63) is 42.1 Å². The first-order valence-electron chi connectivity index (χ1n) is 12.3. The zero-order valence-corrected chi connectivity index (χ0v) is 20.9. The molecule has 2 aromatic heterocycles. The van der Waals surface area contributed by atoms with Gasteiger partial charge in [-0.3, -0.25) is 4.79 Å². The predicted molar refractivity (Wildman–Crippen MR) is 137 cm³/mol. The SMILES string of the molecule is CN(C)CCNc1ccc(-c2nc3nccc(C(=O)N[C@H]4CC5CC[C@]4(C)C5(C)C)c3[nH]2)cc1. The van der Waals surface area contributed by atoms with Crippen molar-refractivity contribution >= 4 is 22.8 Å². The van der Waals surface area contributed by atoms with Crippen LogP contribution in [0.3, 0.4) is 0 Å². The first kappa shape index (κ1) is 22.8. The Hall–Kier alpha value is -2.93. The van der Waals surface area contributed by atoms with E-state index in [1.807, 2.05) is 12.1 Å². The van der Waals surface area contributed by atoms with Crippen LogP contribution >= 0.6 is 0 Å². The molecule has 180 valence electrons. The molecular formula is C27H36N6O. The number of hydrogen-bond donors (Lipinski definition) is 3. The lowest BCUT2D eigenvalue weighted by Gasteiger charge is -2.39. The molecule has 1 aromatic carbocycles. The molecule has 3 N–H and O–H groups in total. The van der Waals surface area contributed by atoms with E-state index < -0.39 is 0 Å². The minimum absolute atomic E-state index is 0.0439. The van der Waals surface area contributed by atoms with Gasteiger partial charge in [0.05, 0.1) is 11.1 Å². The van der Waals surface area contributed by atoms with Crippen molar-refractivity contribution in [1.82, 2.24) is 25.2 Å². The van der Waals surface area contributed by atoms with E-state index >= 15 is 0 Å². The number of amides is 1. The van der Waals surface area contributed by atoms with Crippen LogP contribution in [0.5, 0.6) is 0 Å². The summed E-state index contributed by atoms with van der Waals surface area (Å²) in [4.78, 5) is 28.0. The highest BCUT2D eigenvalue weighted by Crippen LogP contribution is 2.65. The lowest BCUT2D eigenvalue weighted by Crippen LogP contribution is -2.46. The first-order chi connectivity index (χ1) is 16.2. The van der Waals surface area contributed by atoms with E-state index in [4.69, 9.17) is 0 Å². The molecule has 3 aromatic rings. The highest BCUT2D eigenvalue weighted by molar-refractivity contribution is 6.04. The summed E-state index contributed by atoms with van der Waals surface area (Å²) in [5.41, 5.74) is 4.29. The molecule has 3 atom stereocenters. The molecule has 0 radical (unpaired) electrons. The lowest BCUT2D eigenvalue weighted by atomic mass is 9.69. The summed E-state index contributed by atoms with van der Waals surface area (Å²) in [6, 6.07) is 10.2. The molecule has 5 rings (SSSR count). The van der Waals surface area contributed by atoms with Crippen molar-refractivity contribution in [1.29, 1.82) is 0 Å². The topological polar surface area (TPSA) is 85.9 Å². The number of H-pyrrole nitrogens is 1. The molecule has 2 fully saturated rings. The van der Waals surface area contributed by atoms with Crippen molar-refractivity contribution in [2.45, 2.75) is 46.1 Å². The van der Waals surface area contributed by atoms with Crippen molar-refractivity contribution in [3.63, 3.8) is 0 Å². The van der Waals surface area contributed by atoms with E-state index in [0.29, 0.717) is 22.6 Å². The maximum atomic E-state index is 13.4. The molecular weight excluding hydrogens is 424 g/mol. The van der Waals surface area contributed by atoms with Crippen LogP contribution in [0.4, 0.5) is 5.69 Å². The van der Waals surface area contributed by atoms with Gasteiger partial charge < -0.3 is 20.5 Å². The van der Waals surface area contributed by atoms with Crippen LogP contribution in [0.15, 0.2) is 36.5 Å². The number of hydrogen-bond acceptors (Lipinski definition) is 5. The standard InChI is InChI=1S/C27H36N6O/c1-26(2)18-10-12-27(26,3)21(16-18)30-25(34)20-11-13-29-24-22(20)31-23(32-24)17-6-8-19(9-7-17)28-14-15-33(4)5/h6-9,11,13,18,21,28H,10,12,14-16H2,1-5H3,(H,30,34)(H,29,31,32)/t18?,21-,27-/m0/s1. The average Bonchev–Trinajstić information content (AvgIpc) is 3.39. The van der Waals surface area contributed by atoms with Crippen LogP contribution in [0.1, 0.15) is 50.4 Å². The van der Waals surface area contributed by atoms with Gasteiger partial charge in [0.2, 0.25) is 0 Å². The number of rotatable bonds is 7. The van der Waals surface area contributed by atoms with E-state index in [9.17, 15) is 4.79 Å². The molecule has 2 aliphatic carbocycles. The molecule has 1 amide bonds. The molecule has 7 nitrogen and oxygen atoms in total. The number of carbonyl (C=O) groups is 1. The van der Waals surface area contributed by atoms with E-state index in [-0.39, 0.29) is 22.8 Å². The van der Waals surface area contributed by atoms with Crippen molar-refractivity contribution < 1.29 is 4.79 Å². The Kier molecular flexibility index (Phi) is 5.63. The number of pyridine rings is 1. The van der Waals surface area contributed by atoms with E-state index in [0.717, 1.165) is 36.6 Å². The Morgan fingerprint density at radius 1 is 1.18 bits per heavy atom. The van der Waals surface area contributed by atoms with E-state index in [1.54, 1.807) is 12.3 Å². The van der Waals surface area contributed by atoms with Crippen LogP contribution < -0.4 is 10.6 Å². The highest BCUT2D eigenvalue weighted by atomic mass is 16.1. The van der Waals surface area contributed by atoms with Gasteiger partial charge in [0, 0.05) is 36.6 Å². The van der Waals surface area contributed by atoms with Gasteiger partial charge in [-0.1, -0.05) is 20.8 Å². The number of anilines is 1. The Balaban J connectivity index is 1.35. The molecule has 2 bridgehead atoms. The molecule has 0 spiro atoms. The smallest absolute Gasteiger partial charge is 0.253 e. The first-order valence-corrected chi connectivity index (χ1v) is 12.3. The second-order valence-corrected chi connectivity index (χ2v) is 11.1. The number of fused-ring (bicyclic) bond motifs is 3. The van der Waals surface area contributed by atoms with E-state index in [2.05, 4.69) is 77.5 Å². The fourth-order valence-corrected chi connectivity index (χ4v) is 6.06. The third kappa shape index (κ3) is 3.76. The molecule has 7 heteroatoms.